The third kappa shape index (κ3) is 13.5. The fourth-order valence-electron chi connectivity index (χ4n) is 1.11. The van der Waals surface area contributed by atoms with Crippen LogP contribution in [0.4, 0.5) is 0 Å². The van der Waals surface area contributed by atoms with Crippen LogP contribution in [0.3, 0.4) is 0 Å². The molecule has 0 spiro atoms. The van der Waals surface area contributed by atoms with E-state index in [4.69, 9.17) is 10.1 Å². The van der Waals surface area contributed by atoms with Crippen molar-refractivity contribution in [3.8, 4) is 0 Å². The first-order valence-corrected chi connectivity index (χ1v) is 8.59. The van der Waals surface area contributed by atoms with Gasteiger partial charge in [-0.3, -0.25) is 4.79 Å². The van der Waals surface area contributed by atoms with Crippen molar-refractivity contribution in [2.75, 3.05) is 31.8 Å². The largest absolute Gasteiger partial charge is 0.380 e. The normalized spacial score (nSPS) is 11.1. The number of ether oxygens (including phenoxy) is 1. The topological polar surface area (TPSA) is 78.8 Å². The molecule has 0 aromatic carbocycles. The van der Waals surface area contributed by atoms with Gasteiger partial charge in [0.15, 0.2) is 10.9 Å². The van der Waals surface area contributed by atoms with Gasteiger partial charge in [-0.25, -0.2) is 0 Å². The monoisotopic (exact) mass is 305 g/mol. The Balaban J connectivity index is 3.25. The zero-order valence-electron chi connectivity index (χ0n) is 11.4. The summed E-state index contributed by atoms with van der Waals surface area (Å²) in [6.07, 6.45) is 2.24. The first-order valence-electron chi connectivity index (χ1n) is 6.11. The van der Waals surface area contributed by atoms with Gasteiger partial charge in [-0.2, -0.15) is 0 Å². The quantitative estimate of drug-likeness (QED) is 0.158. The van der Waals surface area contributed by atoms with Gasteiger partial charge in [-0.15, -0.1) is 0 Å². The maximum absolute atomic E-state index is 10.7. The summed E-state index contributed by atoms with van der Waals surface area (Å²) in [4.78, 5) is 10.7. The smallest absolute Gasteiger partial charge is 0.340 e. The first-order chi connectivity index (χ1) is 9.20. The molecule has 0 radical (unpaired) electrons. The molecule has 0 aromatic rings. The average Bonchev–Trinajstić information content (AvgIpc) is 2.39. The molecule has 0 aliphatic rings. The number of nitrogens with zero attached hydrogens (tertiary/aromatic N) is 3. The molecule has 0 aliphatic heterocycles. The number of carbonyl (C=O) groups excluding carboxylic acids is 1. The molecule has 0 aliphatic carbocycles. The van der Waals surface area contributed by atoms with Crippen molar-refractivity contribution < 1.29 is 9.53 Å². The molecule has 0 rings (SSSR count). The summed E-state index contributed by atoms with van der Waals surface area (Å²) in [6.45, 7) is 2.77. The Labute approximate surface area is 122 Å². The van der Waals surface area contributed by atoms with E-state index in [0.717, 1.165) is 24.3 Å². The second kappa shape index (κ2) is 13.6. The maximum atomic E-state index is 10.7. The van der Waals surface area contributed by atoms with E-state index in [0.29, 0.717) is 25.5 Å². The van der Waals surface area contributed by atoms with Crippen molar-refractivity contribution in [1.82, 2.24) is 5.32 Å². The molecule has 0 aromatic heterocycles. The lowest BCUT2D eigenvalue weighted by Crippen LogP contribution is -2.17. The molecule has 19 heavy (non-hydrogen) atoms. The van der Waals surface area contributed by atoms with Crippen molar-refractivity contribution >= 4 is 33.2 Å². The van der Waals surface area contributed by atoms with Crippen LogP contribution in [0.15, 0.2) is 5.10 Å². The molecular weight excluding hydrogens is 284 g/mol. The van der Waals surface area contributed by atoms with Crippen molar-refractivity contribution in [2.45, 2.75) is 26.2 Å². The molecule has 108 valence electrons. The van der Waals surface area contributed by atoms with Gasteiger partial charge in [0, 0.05) is 31.4 Å². The molecule has 0 unspecified atom stereocenters. The van der Waals surface area contributed by atoms with Crippen LogP contribution in [0.25, 0.3) is 5.08 Å². The van der Waals surface area contributed by atoms with Crippen molar-refractivity contribution in [3.63, 3.8) is 0 Å². The highest BCUT2D eigenvalue weighted by atomic mass is 33.1. The minimum absolute atomic E-state index is 0.165. The minimum atomic E-state index is 0.165. The van der Waals surface area contributed by atoms with E-state index in [2.05, 4.69) is 15.5 Å². The molecular formula is C11H21N4O2S2+. The third-order valence-electron chi connectivity index (χ3n) is 2.09. The fraction of sp³-hybridized carbons (Fsp3) is 0.818. The number of carbonyl (C=O) groups is 1. The molecule has 0 amide bonds. The summed E-state index contributed by atoms with van der Waals surface area (Å²) in [5.41, 5.74) is 0. The second-order valence-corrected chi connectivity index (χ2v) is 6.40. The van der Waals surface area contributed by atoms with Crippen LogP contribution in [-0.4, -0.2) is 43.4 Å². The minimum Gasteiger partial charge on any atom is -0.380 e. The zero-order valence-corrected chi connectivity index (χ0v) is 13.1. The maximum Gasteiger partial charge on any atom is 0.340 e. The standard InChI is InChI=1S/C11H21N4O2S2/c1-10(16)5-6-17-7-9-19-18-8-3-4-11(13-2)14-15-12/h3-9H2,1-2H3,(H,13,14)/q+1. The fourth-order valence-corrected chi connectivity index (χ4v) is 3.05. The summed E-state index contributed by atoms with van der Waals surface area (Å²) in [7, 11) is 5.29. The lowest BCUT2D eigenvalue weighted by atomic mass is 10.3. The first kappa shape index (κ1) is 18.2. The molecule has 6 nitrogen and oxygen atoms in total. The Bertz CT molecular complexity index is 318. The Kier molecular flexibility index (Phi) is 13.1. The van der Waals surface area contributed by atoms with Crippen LogP contribution >= 0.6 is 21.6 Å². The summed E-state index contributed by atoms with van der Waals surface area (Å²) in [5.74, 6) is 2.77. The van der Waals surface area contributed by atoms with Gasteiger partial charge in [0.2, 0.25) is 0 Å². The molecule has 0 bridgehead atoms. The van der Waals surface area contributed by atoms with E-state index in [9.17, 15) is 4.79 Å². The van der Waals surface area contributed by atoms with Gasteiger partial charge in [0.1, 0.15) is 5.78 Å². The SMILES string of the molecule is CN/C(CCCSSCCOCCC(C)=O)=N\[N+]#N. The molecule has 0 atom stereocenters. The highest BCUT2D eigenvalue weighted by Crippen LogP contribution is 2.22. The number of Topliss-reactive ketones (excluding diaryl/α,β-unsaturated/α-hetero) is 1. The molecule has 0 heterocycles. The summed E-state index contributed by atoms with van der Waals surface area (Å²) in [5, 5.41) is 17.5. The van der Waals surface area contributed by atoms with E-state index < -0.39 is 0 Å². The molecule has 1 N–H and O–H groups in total. The van der Waals surface area contributed by atoms with E-state index >= 15 is 0 Å². The van der Waals surface area contributed by atoms with Gasteiger partial charge in [-0.05, 0) is 13.3 Å². The lowest BCUT2D eigenvalue weighted by Gasteiger charge is -2.03. The number of hydrogen-bond donors (Lipinski definition) is 1. The Hall–Kier alpha value is -0.780. The van der Waals surface area contributed by atoms with Crippen molar-refractivity contribution in [3.05, 3.63) is 5.08 Å². The summed E-state index contributed by atoms with van der Waals surface area (Å²) in [6, 6.07) is 0. The molecule has 0 fully saturated rings. The number of diazo groups is 1. The van der Waals surface area contributed by atoms with Crippen LogP contribution in [0.1, 0.15) is 26.2 Å². The number of ketones is 1. The van der Waals surface area contributed by atoms with E-state index in [-0.39, 0.29) is 5.78 Å². The van der Waals surface area contributed by atoms with Crippen LogP contribution in [0, 0.1) is 5.39 Å². The third-order valence-corrected chi connectivity index (χ3v) is 4.54. The second-order valence-electron chi connectivity index (χ2n) is 3.70. The van der Waals surface area contributed by atoms with E-state index in [1.54, 1.807) is 35.6 Å². The predicted octanol–water partition coefficient (Wildman–Crippen LogP) is 2.53. The number of hydrogen-bond acceptors (Lipinski definition) is 6. The summed E-state index contributed by atoms with van der Waals surface area (Å²) >= 11 is 0. The highest BCUT2D eigenvalue weighted by Gasteiger charge is 2.02. The van der Waals surface area contributed by atoms with Gasteiger partial charge in [0.05, 0.1) is 13.2 Å². The molecule has 0 saturated heterocycles. The van der Waals surface area contributed by atoms with Crippen LogP contribution < -0.4 is 5.32 Å². The Morgan fingerprint density at radius 3 is 2.68 bits per heavy atom. The number of rotatable bonds is 11. The molecule has 0 saturated carbocycles. The Morgan fingerprint density at radius 1 is 1.32 bits per heavy atom. The van der Waals surface area contributed by atoms with E-state index in [1.165, 1.54) is 0 Å². The van der Waals surface area contributed by atoms with Crippen molar-refractivity contribution in [2.24, 2.45) is 5.10 Å². The van der Waals surface area contributed by atoms with Gasteiger partial charge < -0.3 is 10.1 Å². The number of amidine groups is 1. The van der Waals surface area contributed by atoms with Gasteiger partial charge in [-0.1, -0.05) is 21.6 Å². The van der Waals surface area contributed by atoms with Gasteiger partial charge in [0.25, 0.3) is 5.39 Å². The van der Waals surface area contributed by atoms with Crippen LogP contribution in [0.5, 0.6) is 0 Å². The van der Waals surface area contributed by atoms with E-state index in [1.807, 2.05) is 0 Å². The van der Waals surface area contributed by atoms with Crippen molar-refractivity contribution in [1.29, 1.82) is 5.39 Å². The lowest BCUT2D eigenvalue weighted by molar-refractivity contribution is -0.118. The van der Waals surface area contributed by atoms with Gasteiger partial charge >= 0.3 is 5.08 Å². The van der Waals surface area contributed by atoms with Crippen LogP contribution in [0.2, 0.25) is 0 Å². The highest BCUT2D eigenvalue weighted by molar-refractivity contribution is 8.76. The average molecular weight is 305 g/mol. The predicted molar refractivity (Wildman–Crippen MR) is 81.8 cm³/mol. The zero-order chi connectivity index (χ0) is 14.3. The molecule has 8 heteroatoms. The number of nitrogens with one attached hydrogen (secondary N) is 1. The summed E-state index contributed by atoms with van der Waals surface area (Å²) < 4.78 is 5.31. The Morgan fingerprint density at radius 2 is 2.05 bits per heavy atom. The van der Waals surface area contributed by atoms with Crippen LogP contribution in [-0.2, 0) is 9.53 Å².